The highest BCUT2D eigenvalue weighted by molar-refractivity contribution is 5.98. The molecule has 0 aromatic rings. The van der Waals surface area contributed by atoms with Gasteiger partial charge in [-0.25, -0.2) is 9.59 Å². The molecule has 0 aromatic carbocycles. The van der Waals surface area contributed by atoms with Crippen molar-refractivity contribution in [2.24, 2.45) is 0 Å². The minimum atomic E-state index is -1.26. The average Bonchev–Trinajstić information content (AvgIpc) is 2.88. The van der Waals surface area contributed by atoms with E-state index in [0.29, 0.717) is 6.61 Å². The first-order chi connectivity index (χ1) is 9.19. The van der Waals surface area contributed by atoms with E-state index in [4.69, 9.17) is 14.2 Å². The van der Waals surface area contributed by atoms with E-state index in [9.17, 15) is 9.59 Å². The number of hydrogen-bond donors (Lipinski definition) is 0. The molecular weight excluding hydrogens is 250 g/mol. The third-order valence-corrected chi connectivity index (χ3v) is 2.89. The molecule has 0 amide bonds. The van der Waals surface area contributed by atoms with Crippen LogP contribution in [0.3, 0.4) is 0 Å². The van der Waals surface area contributed by atoms with Gasteiger partial charge in [-0.3, -0.25) is 0 Å². The molecule has 110 valence electrons. The first-order valence-corrected chi connectivity index (χ1v) is 6.86. The summed E-state index contributed by atoms with van der Waals surface area (Å²) in [5.41, 5.74) is 0. The Balaban J connectivity index is 2.38. The van der Waals surface area contributed by atoms with Gasteiger partial charge >= 0.3 is 11.9 Å². The van der Waals surface area contributed by atoms with Crippen molar-refractivity contribution < 1.29 is 23.8 Å². The second-order valence-corrected chi connectivity index (χ2v) is 4.30. The number of rotatable bonds is 8. The maximum atomic E-state index is 11.6. The summed E-state index contributed by atoms with van der Waals surface area (Å²) in [5.74, 6) is -1.36. The normalized spacial score (nSPS) is 15.7. The Morgan fingerprint density at radius 2 is 1.58 bits per heavy atom. The van der Waals surface area contributed by atoms with Crippen LogP contribution in [0.2, 0.25) is 0 Å². The number of ether oxygens (including phenoxy) is 3. The van der Waals surface area contributed by atoms with Crippen molar-refractivity contribution in [2.75, 3.05) is 39.5 Å². The minimum absolute atomic E-state index is 0.213. The van der Waals surface area contributed by atoms with Crippen LogP contribution in [0.15, 0.2) is 0 Å². The molecule has 1 aliphatic heterocycles. The second kappa shape index (κ2) is 8.87. The van der Waals surface area contributed by atoms with E-state index in [1.54, 1.807) is 13.8 Å². The quantitative estimate of drug-likeness (QED) is 0.476. The highest BCUT2D eigenvalue weighted by atomic mass is 16.6. The van der Waals surface area contributed by atoms with E-state index in [0.717, 1.165) is 19.6 Å². The number of nitrogens with zero attached hydrogens (tertiary/aromatic N) is 1. The average molecular weight is 273 g/mol. The monoisotopic (exact) mass is 273 g/mol. The largest absolute Gasteiger partial charge is 0.464 e. The van der Waals surface area contributed by atoms with Crippen LogP contribution < -0.4 is 0 Å². The fourth-order valence-corrected chi connectivity index (χ4v) is 1.97. The fourth-order valence-electron chi connectivity index (χ4n) is 1.97. The third kappa shape index (κ3) is 5.57. The third-order valence-electron chi connectivity index (χ3n) is 2.89. The van der Waals surface area contributed by atoms with Crippen molar-refractivity contribution in [1.82, 2.24) is 4.90 Å². The summed E-state index contributed by atoms with van der Waals surface area (Å²) in [6.07, 6.45) is 1.13. The highest BCUT2D eigenvalue weighted by Gasteiger charge is 2.30. The van der Waals surface area contributed by atoms with Crippen LogP contribution in [0.4, 0.5) is 0 Å². The van der Waals surface area contributed by atoms with Crippen LogP contribution in [0.5, 0.6) is 0 Å². The summed E-state index contributed by atoms with van der Waals surface area (Å²) in [7, 11) is 0. The van der Waals surface area contributed by atoms with Crippen molar-refractivity contribution in [2.45, 2.75) is 32.8 Å². The summed E-state index contributed by atoms with van der Waals surface area (Å²) in [6, 6.07) is 0. The van der Waals surface area contributed by atoms with Gasteiger partial charge in [0.2, 0.25) is 0 Å². The SMILES string of the molecule is CCOC(=O)C(OCCN1CCCC1)C(=O)OCC. The van der Waals surface area contributed by atoms with Crippen molar-refractivity contribution >= 4 is 11.9 Å². The maximum Gasteiger partial charge on any atom is 0.347 e. The Morgan fingerprint density at radius 3 is 2.05 bits per heavy atom. The van der Waals surface area contributed by atoms with E-state index in [-0.39, 0.29) is 13.2 Å². The van der Waals surface area contributed by atoms with Gasteiger partial charge in [-0.2, -0.15) is 0 Å². The molecule has 1 heterocycles. The smallest absolute Gasteiger partial charge is 0.347 e. The predicted molar refractivity (Wildman–Crippen MR) is 68.7 cm³/mol. The molecule has 1 fully saturated rings. The molecule has 0 radical (unpaired) electrons. The lowest BCUT2D eigenvalue weighted by Crippen LogP contribution is -2.38. The number of carbonyl (C=O) groups excluding carboxylic acids is 2. The van der Waals surface area contributed by atoms with Gasteiger partial charge in [-0.05, 0) is 39.8 Å². The van der Waals surface area contributed by atoms with E-state index in [1.165, 1.54) is 12.8 Å². The van der Waals surface area contributed by atoms with Gasteiger partial charge in [0, 0.05) is 6.54 Å². The Morgan fingerprint density at radius 1 is 1.05 bits per heavy atom. The van der Waals surface area contributed by atoms with Crippen LogP contribution in [0, 0.1) is 0 Å². The first kappa shape index (κ1) is 15.9. The van der Waals surface area contributed by atoms with Crippen LogP contribution in [-0.4, -0.2) is 62.4 Å². The van der Waals surface area contributed by atoms with Crippen LogP contribution in [-0.2, 0) is 23.8 Å². The molecule has 0 aromatic heterocycles. The summed E-state index contributed by atoms with van der Waals surface area (Å²) in [4.78, 5) is 25.5. The Kier molecular flexibility index (Phi) is 7.43. The molecule has 0 aliphatic carbocycles. The van der Waals surface area contributed by atoms with Crippen LogP contribution in [0.1, 0.15) is 26.7 Å². The zero-order chi connectivity index (χ0) is 14.1. The molecule has 1 aliphatic rings. The van der Waals surface area contributed by atoms with Crippen LogP contribution >= 0.6 is 0 Å². The van der Waals surface area contributed by atoms with Crippen molar-refractivity contribution in [3.63, 3.8) is 0 Å². The fraction of sp³-hybridized carbons (Fsp3) is 0.846. The second-order valence-electron chi connectivity index (χ2n) is 4.30. The van der Waals surface area contributed by atoms with Gasteiger partial charge in [0.15, 0.2) is 0 Å². The van der Waals surface area contributed by atoms with Crippen molar-refractivity contribution in [3.8, 4) is 0 Å². The minimum Gasteiger partial charge on any atom is -0.464 e. The molecule has 0 atom stereocenters. The number of carbonyl (C=O) groups is 2. The summed E-state index contributed by atoms with van der Waals surface area (Å²) in [5, 5.41) is 0. The number of esters is 2. The zero-order valence-corrected chi connectivity index (χ0v) is 11.7. The van der Waals surface area contributed by atoms with Gasteiger partial charge in [0.1, 0.15) is 0 Å². The molecule has 0 unspecified atom stereocenters. The van der Waals surface area contributed by atoms with Gasteiger partial charge in [-0.1, -0.05) is 0 Å². The molecule has 1 saturated heterocycles. The Bertz CT molecular complexity index is 271. The number of hydrogen-bond acceptors (Lipinski definition) is 6. The topological polar surface area (TPSA) is 65.1 Å². The standard InChI is InChI=1S/C13H23NO5/c1-3-17-12(15)11(13(16)18-4-2)19-10-9-14-7-5-6-8-14/h11H,3-10H2,1-2H3. The zero-order valence-electron chi connectivity index (χ0n) is 11.7. The molecule has 0 spiro atoms. The molecule has 6 nitrogen and oxygen atoms in total. The summed E-state index contributed by atoms with van der Waals surface area (Å²) in [6.45, 7) is 6.93. The molecule has 0 N–H and O–H groups in total. The highest BCUT2D eigenvalue weighted by Crippen LogP contribution is 2.07. The van der Waals surface area contributed by atoms with E-state index < -0.39 is 18.0 Å². The van der Waals surface area contributed by atoms with E-state index in [1.807, 2.05) is 0 Å². The molecule has 0 bridgehead atoms. The van der Waals surface area contributed by atoms with E-state index in [2.05, 4.69) is 4.90 Å². The Hall–Kier alpha value is -1.14. The van der Waals surface area contributed by atoms with Crippen molar-refractivity contribution in [3.05, 3.63) is 0 Å². The summed E-state index contributed by atoms with van der Waals surface area (Å²) < 4.78 is 15.0. The van der Waals surface area contributed by atoms with Crippen LogP contribution in [0.25, 0.3) is 0 Å². The van der Waals surface area contributed by atoms with Gasteiger partial charge in [0.05, 0.1) is 19.8 Å². The molecule has 19 heavy (non-hydrogen) atoms. The summed E-state index contributed by atoms with van der Waals surface area (Å²) >= 11 is 0. The maximum absolute atomic E-state index is 11.6. The van der Waals surface area contributed by atoms with E-state index >= 15 is 0 Å². The number of likely N-dealkylation sites (tertiary alicyclic amines) is 1. The first-order valence-electron chi connectivity index (χ1n) is 6.86. The molecule has 1 rings (SSSR count). The predicted octanol–water partition coefficient (Wildman–Crippen LogP) is 0.594. The lowest BCUT2D eigenvalue weighted by molar-refractivity contribution is -0.173. The lowest BCUT2D eigenvalue weighted by Gasteiger charge is -2.18. The molecular formula is C13H23NO5. The molecule has 0 saturated carbocycles. The van der Waals surface area contributed by atoms with Gasteiger partial charge in [0.25, 0.3) is 6.10 Å². The van der Waals surface area contributed by atoms with Gasteiger partial charge in [-0.15, -0.1) is 0 Å². The Labute approximate surface area is 114 Å². The molecule has 6 heteroatoms. The van der Waals surface area contributed by atoms with Gasteiger partial charge < -0.3 is 19.1 Å². The van der Waals surface area contributed by atoms with Crippen molar-refractivity contribution in [1.29, 1.82) is 0 Å². The lowest BCUT2D eigenvalue weighted by atomic mass is 10.3.